The highest BCUT2D eigenvalue weighted by Crippen LogP contribution is 2.31. The van der Waals surface area contributed by atoms with Gasteiger partial charge in [0.2, 0.25) is 94.5 Å². The van der Waals surface area contributed by atoms with Crippen molar-refractivity contribution in [1.29, 1.82) is 5.41 Å². The number of benzene rings is 3. The number of aromatic hydroxyl groups is 1. The van der Waals surface area contributed by atoms with Crippen molar-refractivity contribution in [3.63, 3.8) is 0 Å². The molecule has 3 aromatic heterocycles. The van der Waals surface area contributed by atoms with Crippen molar-refractivity contribution in [2.75, 3.05) is 52.3 Å². The summed E-state index contributed by atoms with van der Waals surface area (Å²) < 4.78 is 0.810. The number of aliphatic hydroxyl groups is 1. The molecule has 3 fully saturated rings. The number of nitrogens with one attached hydrogen (secondary N) is 14. The quantitative estimate of drug-likeness (QED) is 0.0150. The number of fused-ring (bicyclic) bond motifs is 4. The minimum absolute atomic E-state index is 0.00753. The van der Waals surface area contributed by atoms with Crippen molar-refractivity contribution in [1.82, 2.24) is 97.9 Å². The molecule has 44 heteroatoms. The number of imidazole rings is 1. The molecule has 3 aromatic carbocycles. The van der Waals surface area contributed by atoms with Gasteiger partial charge in [-0.3, -0.25) is 86.9 Å². The SMILES string of the molecule is C=C(O)[C@@H]1NC(=O)[C@H](Cc2c[nH]c3ccccc23)NC(=O)[C@@H]2CCCN2C(=O)[C@H](CC(C)C)NC(=O)[C@H](Cc2cnc[nH]2)NC(=O)[C@@H]2CC[C@H](C)N2C(=O)[C@H](CC(N)=O)NC(=O)[C@H](C)N(C)C(=O)[C@H](Cc2ccc(O)cc2)NC(=O)CSCC(C(=O)NCC(N)=O)NC(=O)[C@H](CCCNC(=N)N)NC(=O)[C@H](CCCC)N(C)C(=O)[C@H](CCCC)N(C)C(=O)[C@H](Cc2csc3ccccc23)NC1=O. The van der Waals surface area contributed by atoms with Crippen molar-refractivity contribution in [2.24, 2.45) is 23.1 Å². The van der Waals surface area contributed by atoms with E-state index in [4.69, 9.17) is 22.6 Å². The van der Waals surface area contributed by atoms with Gasteiger partial charge in [0.05, 0.1) is 25.0 Å². The average molecular weight is 1940 g/mol. The van der Waals surface area contributed by atoms with Crippen LogP contribution in [0.15, 0.2) is 109 Å². The van der Waals surface area contributed by atoms with Gasteiger partial charge < -0.3 is 120 Å². The van der Waals surface area contributed by atoms with E-state index in [1.807, 2.05) is 32.0 Å². The standard InChI is InChI=1S/C93H129N23O19S2/c1-11-13-25-70-84(127)104-62(24-19-35-99-93(96)97)81(124)110-69(80(123)101-45-76(95)120)47-136-48-77(121)103-66(38-54-30-32-58(118)33-31-54)88(131)112(8)52(6)79(122)107-68(42-75(94)119)91(134)116-51(5)29-34-72(116)86(129)106-64(41-57-44-98-49-102-57)82(125)108-65(37-50(3)4)90(133)115-36-20-27-71(115)85(128)105-63(39-55-43-100-61-23-17-15-21-59(55)61)83(126)111-78(53(7)117)87(130)109-67(40-56-46-137-74-28-18-16-22-60(56)74)89(132)114(10)73(26-14-12-2)92(135)113(70)9/h15-18,21-23,28,30-33,43-44,46,49-52,62-73,78,100,117-118H,7,11-14,19-20,24-27,29,34-42,45,47-48H2,1-6,8-10H3,(H2,94,119)(H2,95,120)(H,98,102)(H,101,123)(H,103,121)(H,104,127)(H,105,128)(H,106,129)(H,107,122)(H,108,125)(H,109,130)(H,110,124)(H,111,126)(H4,96,97,99)/t51-,52-,62-,63-,64-,65-,66-,67-,68-,69?,70-,71-,72-,73-,78-/m0/s1. The number of nitrogens with two attached hydrogens (primary N) is 3. The van der Waals surface area contributed by atoms with Crippen molar-refractivity contribution in [2.45, 2.75) is 248 Å². The number of aromatic nitrogens is 3. The molecule has 3 saturated heterocycles. The molecule has 15 atom stereocenters. The van der Waals surface area contributed by atoms with E-state index < -0.39 is 227 Å². The number of hydrogen-bond donors (Lipinski definition) is 19. The molecule has 0 aliphatic carbocycles. The predicted octanol–water partition coefficient (Wildman–Crippen LogP) is 0.302. The summed E-state index contributed by atoms with van der Waals surface area (Å²) in [5.41, 5.74) is 19.3. The Balaban J connectivity index is 1.11. The number of nitrogens with zero attached hydrogens (tertiary/aromatic N) is 6. The van der Waals surface area contributed by atoms with E-state index >= 15 is 47.9 Å². The summed E-state index contributed by atoms with van der Waals surface area (Å²) in [6.07, 6.45) is 4.38. The van der Waals surface area contributed by atoms with Crippen molar-refractivity contribution in [3.05, 3.63) is 132 Å². The number of thioether (sulfide) groups is 1. The van der Waals surface area contributed by atoms with E-state index in [9.17, 15) is 43.8 Å². The van der Waals surface area contributed by atoms with Crippen molar-refractivity contribution < 1.29 is 91.7 Å². The van der Waals surface area contributed by atoms with Gasteiger partial charge in [-0.05, 0) is 129 Å². The van der Waals surface area contributed by atoms with Crippen LogP contribution in [0.1, 0.15) is 154 Å². The number of para-hydroxylation sites is 1. The van der Waals surface area contributed by atoms with Crippen molar-refractivity contribution >= 4 is 150 Å². The summed E-state index contributed by atoms with van der Waals surface area (Å²) in [5, 5.41) is 62.1. The summed E-state index contributed by atoms with van der Waals surface area (Å²) >= 11 is 2.11. The maximum absolute atomic E-state index is 15.8. The number of aromatic amines is 2. The Morgan fingerprint density at radius 2 is 1.18 bits per heavy atom. The van der Waals surface area contributed by atoms with Crippen LogP contribution in [-0.2, 0) is 107 Å². The maximum Gasteiger partial charge on any atom is 0.251 e. The van der Waals surface area contributed by atoms with Crippen LogP contribution in [0.4, 0.5) is 0 Å². The lowest BCUT2D eigenvalue weighted by Gasteiger charge is -2.36. The Kier molecular flexibility index (Phi) is 39.6. The van der Waals surface area contributed by atoms with Crippen LogP contribution in [0.25, 0.3) is 21.0 Å². The van der Waals surface area contributed by atoms with Gasteiger partial charge in [-0.2, -0.15) is 0 Å². The number of thiophene rings is 1. The molecule has 1 unspecified atom stereocenters. The fourth-order valence-corrected chi connectivity index (χ4v) is 18.9. The Bertz CT molecular complexity index is 5340. The minimum atomic E-state index is -2.07. The van der Waals surface area contributed by atoms with E-state index in [1.54, 1.807) is 62.7 Å². The predicted molar refractivity (Wildman–Crippen MR) is 511 cm³/mol. The molecule has 6 heterocycles. The second kappa shape index (κ2) is 50.8. The van der Waals surface area contributed by atoms with Crippen LogP contribution in [-0.4, -0.2) is 299 Å². The van der Waals surface area contributed by atoms with Crippen LogP contribution in [0.2, 0.25) is 0 Å². The second-order valence-corrected chi connectivity index (χ2v) is 37.3. The molecule has 137 heavy (non-hydrogen) atoms. The number of hydrogen-bond acceptors (Lipinski definition) is 23. The van der Waals surface area contributed by atoms with Crippen LogP contribution in [0.5, 0.6) is 5.75 Å². The highest BCUT2D eigenvalue weighted by atomic mass is 32.2. The number of rotatable bonds is 26. The Hall–Kier alpha value is -13.7. The molecular weight excluding hydrogens is 1810 g/mol. The smallest absolute Gasteiger partial charge is 0.251 e. The first-order valence-electron chi connectivity index (χ1n) is 46.0. The highest BCUT2D eigenvalue weighted by molar-refractivity contribution is 8.00. The first-order valence-corrected chi connectivity index (χ1v) is 48.0. The molecule has 17 amide bonds. The first-order chi connectivity index (χ1) is 65.2. The monoisotopic (exact) mass is 1940 g/mol. The number of guanidine groups is 1. The lowest BCUT2D eigenvalue weighted by atomic mass is 9.99. The zero-order valence-corrected chi connectivity index (χ0v) is 80.1. The number of primary amides is 2. The van der Waals surface area contributed by atoms with Crippen LogP contribution >= 0.6 is 23.1 Å². The maximum atomic E-state index is 15.8. The second-order valence-electron chi connectivity index (χ2n) is 35.4. The molecule has 42 nitrogen and oxygen atoms in total. The largest absolute Gasteiger partial charge is 0.510 e. The molecule has 0 bridgehead atoms. The minimum Gasteiger partial charge on any atom is -0.510 e. The summed E-state index contributed by atoms with van der Waals surface area (Å²) in [4.78, 5) is 268. The summed E-state index contributed by atoms with van der Waals surface area (Å²) in [6.45, 7) is 13.1. The van der Waals surface area contributed by atoms with Gasteiger partial charge in [-0.25, -0.2) is 4.98 Å². The van der Waals surface area contributed by atoms with Gasteiger partial charge >= 0.3 is 0 Å². The molecule has 742 valence electrons. The van der Waals surface area contributed by atoms with Crippen LogP contribution in [0, 0.1) is 11.3 Å². The van der Waals surface area contributed by atoms with E-state index in [-0.39, 0.29) is 108 Å². The fraction of sp³-hybridized carbons (Fsp3) is 0.516. The molecular formula is C93H129N23O19S2. The highest BCUT2D eigenvalue weighted by Gasteiger charge is 2.47. The normalized spacial score (nSPS) is 24.5. The molecule has 0 saturated carbocycles. The van der Waals surface area contributed by atoms with E-state index in [1.165, 1.54) is 81.1 Å². The summed E-state index contributed by atoms with van der Waals surface area (Å²) in [5.74, 6) is -18.5. The Morgan fingerprint density at radius 1 is 0.577 bits per heavy atom. The third-order valence-corrected chi connectivity index (χ3v) is 26.7. The van der Waals surface area contributed by atoms with Crippen LogP contribution < -0.4 is 75.7 Å². The number of carbonyl (C=O) groups is 17. The molecule has 0 spiro atoms. The summed E-state index contributed by atoms with van der Waals surface area (Å²) in [7, 11) is 3.93. The zero-order chi connectivity index (χ0) is 100. The Labute approximate surface area is 801 Å². The molecule has 0 radical (unpaired) electrons. The first kappa shape index (κ1) is 107. The van der Waals surface area contributed by atoms with E-state index in [0.717, 1.165) is 36.1 Å². The number of carbonyl (C=O) groups excluding carboxylic acids is 17. The third-order valence-electron chi connectivity index (χ3n) is 24.6. The van der Waals surface area contributed by atoms with Gasteiger partial charge in [0.1, 0.15) is 90.1 Å². The van der Waals surface area contributed by atoms with Crippen LogP contribution in [0.3, 0.4) is 0 Å². The number of likely N-dealkylation sites (N-methyl/N-ethyl adjacent to an activating group) is 3. The number of phenolic OH excluding ortho intramolecular Hbond substituents is 1. The van der Waals surface area contributed by atoms with Gasteiger partial charge in [-0.15, -0.1) is 23.1 Å². The number of aliphatic hydroxyl groups excluding tert-OH is 1. The average Bonchev–Trinajstić information content (AvgIpc) is 1.60. The number of H-pyrrole nitrogens is 2. The van der Waals surface area contributed by atoms with E-state index in [0.29, 0.717) is 64.4 Å². The third kappa shape index (κ3) is 29.7. The van der Waals surface area contributed by atoms with Gasteiger partial charge in [0.25, 0.3) is 5.91 Å². The van der Waals surface area contributed by atoms with Gasteiger partial charge in [-0.1, -0.05) is 108 Å². The van der Waals surface area contributed by atoms with Gasteiger partial charge in [0, 0.05) is 105 Å². The number of amides is 17. The lowest BCUT2D eigenvalue weighted by Crippen LogP contribution is -2.61. The fourth-order valence-electron chi connectivity index (χ4n) is 17.0. The Morgan fingerprint density at radius 3 is 1.83 bits per heavy atom. The molecule has 22 N–H and O–H groups in total. The zero-order valence-electron chi connectivity index (χ0n) is 78.5. The number of phenols is 1. The van der Waals surface area contributed by atoms with E-state index in [2.05, 4.69) is 80.0 Å². The molecule has 6 aromatic rings. The van der Waals surface area contributed by atoms with Crippen molar-refractivity contribution in [3.8, 4) is 5.75 Å². The topological polar surface area (TPSA) is 626 Å². The molecule has 3 aliphatic rings. The molecule has 9 rings (SSSR count). The van der Waals surface area contributed by atoms with Gasteiger partial charge in [0.15, 0.2) is 12.0 Å². The summed E-state index contributed by atoms with van der Waals surface area (Å²) in [6, 6.07) is -2.46. The molecule has 3 aliphatic heterocycles. The lowest BCUT2D eigenvalue weighted by molar-refractivity contribution is -0.149. The number of unbranched alkanes of at least 4 members (excludes halogenated alkanes) is 2.